The zero-order valence-corrected chi connectivity index (χ0v) is 19.0. The topological polar surface area (TPSA) is 29.5 Å². The Bertz CT molecular complexity index is 1150. The summed E-state index contributed by atoms with van der Waals surface area (Å²) in [7, 11) is 2.17. The quantitative estimate of drug-likeness (QED) is 0.341. The molecule has 0 heterocycles. The molecule has 0 atom stereocenters. The Morgan fingerprint density at radius 2 is 1.84 bits per heavy atom. The van der Waals surface area contributed by atoms with Gasteiger partial charge < -0.3 is 9.84 Å². The van der Waals surface area contributed by atoms with E-state index in [1.165, 1.54) is 38.2 Å². The molecule has 0 bridgehead atoms. The number of hydrogen-bond donors (Lipinski definition) is 1. The first-order valence-corrected chi connectivity index (χ1v) is 11.6. The highest BCUT2D eigenvalue weighted by Gasteiger charge is 2.17. The van der Waals surface area contributed by atoms with Crippen LogP contribution in [0.1, 0.15) is 27.8 Å². The average Bonchev–Trinajstić information content (AvgIpc) is 2.90. The van der Waals surface area contributed by atoms with Crippen LogP contribution < -0.4 is 10.2 Å². The highest BCUT2D eigenvalue weighted by atomic mass is 32.2. The lowest BCUT2D eigenvalue weighted by Crippen LogP contribution is -2.05. The van der Waals surface area contributed by atoms with E-state index in [4.69, 9.17) is 4.74 Å². The Balaban J connectivity index is 1.58. The van der Waals surface area contributed by atoms with Crippen LogP contribution in [-0.4, -0.2) is 25.3 Å². The highest BCUT2D eigenvalue weighted by molar-refractivity contribution is 7.99. The zero-order valence-electron chi connectivity index (χ0n) is 18.2. The van der Waals surface area contributed by atoms with Crippen LogP contribution in [0.5, 0.6) is 5.75 Å². The van der Waals surface area contributed by atoms with Gasteiger partial charge >= 0.3 is 0 Å². The van der Waals surface area contributed by atoms with Crippen LogP contribution in [0.15, 0.2) is 84.0 Å². The van der Waals surface area contributed by atoms with Crippen LogP contribution in [0, 0.1) is 6.92 Å². The van der Waals surface area contributed by atoms with Gasteiger partial charge in [-0.05, 0) is 71.4 Å². The standard InChI is InChI=1S/C27H27BO2S/c1-18-15-23(10-12-27(18)30-17-19(2)29)31-14-13-26-24-6-4-3-5-20(24)7-8-21-16-22(28)9-11-25(21)26/h3-6,9-13,15-16,29H,2,7-8,14,17,28H2,1H3/b26-13+. The van der Waals surface area contributed by atoms with Crippen molar-refractivity contribution in [3.8, 4) is 5.75 Å². The molecule has 4 rings (SSSR count). The van der Waals surface area contributed by atoms with Crippen LogP contribution in [0.25, 0.3) is 5.57 Å². The number of rotatable bonds is 6. The molecule has 2 nitrogen and oxygen atoms in total. The molecule has 3 aromatic carbocycles. The molecular formula is C27H27BO2S. The van der Waals surface area contributed by atoms with Gasteiger partial charge in [-0.15, -0.1) is 11.8 Å². The van der Waals surface area contributed by atoms with Crippen molar-refractivity contribution in [2.45, 2.75) is 24.7 Å². The number of hydrogen-bond acceptors (Lipinski definition) is 3. The normalized spacial score (nSPS) is 13.9. The van der Waals surface area contributed by atoms with E-state index in [2.05, 4.69) is 75.1 Å². The molecule has 0 spiro atoms. The molecule has 1 aliphatic rings. The van der Waals surface area contributed by atoms with Gasteiger partial charge in [0.05, 0.1) is 0 Å². The Morgan fingerprint density at radius 3 is 2.65 bits per heavy atom. The molecule has 0 radical (unpaired) electrons. The first-order valence-electron chi connectivity index (χ1n) is 10.6. The smallest absolute Gasteiger partial charge is 0.144 e. The fourth-order valence-corrected chi connectivity index (χ4v) is 4.95. The van der Waals surface area contributed by atoms with Gasteiger partial charge in [-0.2, -0.15) is 0 Å². The van der Waals surface area contributed by atoms with Crippen LogP contribution in [-0.2, 0) is 12.8 Å². The summed E-state index contributed by atoms with van der Waals surface area (Å²) in [6.45, 7) is 5.61. The average molecular weight is 426 g/mol. The van der Waals surface area contributed by atoms with Crippen molar-refractivity contribution in [3.05, 3.63) is 107 Å². The van der Waals surface area contributed by atoms with Gasteiger partial charge in [0, 0.05) is 10.6 Å². The summed E-state index contributed by atoms with van der Waals surface area (Å²) in [4.78, 5) is 1.20. The Hall–Kier alpha value is -2.85. The number of benzene rings is 3. The van der Waals surface area contributed by atoms with E-state index in [0.29, 0.717) is 0 Å². The molecule has 4 heteroatoms. The first kappa shape index (κ1) is 21.4. The summed E-state index contributed by atoms with van der Waals surface area (Å²) in [6, 6.07) is 21.8. The lowest BCUT2D eigenvalue weighted by Gasteiger charge is -2.13. The summed E-state index contributed by atoms with van der Waals surface area (Å²) in [5.41, 5.74) is 9.30. The van der Waals surface area contributed by atoms with E-state index in [1.807, 2.05) is 24.8 Å². The number of aryl methyl sites for hydroxylation is 3. The van der Waals surface area contributed by atoms with Gasteiger partial charge in [-0.25, -0.2) is 0 Å². The van der Waals surface area contributed by atoms with Gasteiger partial charge in [-0.1, -0.05) is 60.6 Å². The van der Waals surface area contributed by atoms with E-state index < -0.39 is 0 Å². The van der Waals surface area contributed by atoms with Crippen LogP contribution in [0.4, 0.5) is 0 Å². The highest BCUT2D eigenvalue weighted by Crippen LogP contribution is 2.34. The van der Waals surface area contributed by atoms with Gasteiger partial charge in [-0.3, -0.25) is 0 Å². The molecule has 3 aromatic rings. The molecule has 156 valence electrons. The summed E-state index contributed by atoms with van der Waals surface area (Å²) in [5, 5.41) is 9.24. The summed E-state index contributed by atoms with van der Waals surface area (Å²) >= 11 is 1.82. The molecule has 0 saturated heterocycles. The maximum absolute atomic E-state index is 9.24. The van der Waals surface area contributed by atoms with Crippen molar-refractivity contribution in [1.29, 1.82) is 0 Å². The molecule has 0 aromatic heterocycles. The lowest BCUT2D eigenvalue weighted by molar-refractivity contribution is 0.271. The van der Waals surface area contributed by atoms with Crippen LogP contribution in [0.2, 0.25) is 0 Å². The minimum atomic E-state index is 0.0311. The van der Waals surface area contributed by atoms with Crippen molar-refractivity contribution < 1.29 is 9.84 Å². The molecule has 0 fully saturated rings. The van der Waals surface area contributed by atoms with Crippen molar-refractivity contribution in [2.75, 3.05) is 12.4 Å². The van der Waals surface area contributed by atoms with E-state index in [-0.39, 0.29) is 12.4 Å². The summed E-state index contributed by atoms with van der Waals surface area (Å²) < 4.78 is 5.58. The van der Waals surface area contributed by atoms with Crippen molar-refractivity contribution in [1.82, 2.24) is 0 Å². The van der Waals surface area contributed by atoms with Crippen molar-refractivity contribution >= 4 is 30.6 Å². The molecule has 1 N–H and O–H groups in total. The monoisotopic (exact) mass is 426 g/mol. The van der Waals surface area contributed by atoms with Crippen LogP contribution in [0.3, 0.4) is 0 Å². The number of aliphatic hydroxyl groups is 1. The predicted octanol–water partition coefficient (Wildman–Crippen LogP) is 5.03. The fourth-order valence-electron chi connectivity index (χ4n) is 4.08. The van der Waals surface area contributed by atoms with E-state index in [1.54, 1.807) is 0 Å². The maximum atomic E-state index is 9.24. The number of ether oxygens (including phenoxy) is 1. The third-order valence-electron chi connectivity index (χ3n) is 5.60. The first-order chi connectivity index (χ1) is 15.0. The van der Waals surface area contributed by atoms with Gasteiger partial charge in [0.2, 0.25) is 0 Å². The van der Waals surface area contributed by atoms with E-state index in [9.17, 15) is 5.11 Å². The minimum Gasteiger partial charge on any atom is -0.509 e. The van der Waals surface area contributed by atoms with Crippen molar-refractivity contribution in [2.24, 2.45) is 0 Å². The Kier molecular flexibility index (Phi) is 6.57. The van der Waals surface area contributed by atoms with E-state index in [0.717, 1.165) is 29.9 Å². The predicted molar refractivity (Wildman–Crippen MR) is 135 cm³/mol. The third-order valence-corrected chi connectivity index (χ3v) is 6.52. The van der Waals surface area contributed by atoms with Gasteiger partial charge in [0.15, 0.2) is 0 Å². The second kappa shape index (κ2) is 9.53. The van der Waals surface area contributed by atoms with Gasteiger partial charge in [0.1, 0.15) is 26.0 Å². The molecule has 0 amide bonds. The van der Waals surface area contributed by atoms with Gasteiger partial charge in [0.25, 0.3) is 0 Å². The Labute approximate surface area is 190 Å². The molecule has 0 aliphatic heterocycles. The SMILES string of the molecule is Bc1ccc2c(c1)CCc1ccccc1/C2=C\CSc1ccc(OCC(=C)O)c(C)c1. The maximum Gasteiger partial charge on any atom is 0.144 e. The summed E-state index contributed by atoms with van der Waals surface area (Å²) in [6.07, 6.45) is 4.54. The number of thioether (sulfide) groups is 1. The molecule has 31 heavy (non-hydrogen) atoms. The van der Waals surface area contributed by atoms with Crippen molar-refractivity contribution in [3.63, 3.8) is 0 Å². The zero-order chi connectivity index (χ0) is 21.8. The van der Waals surface area contributed by atoms with E-state index >= 15 is 0 Å². The molecular weight excluding hydrogens is 399 g/mol. The molecule has 0 unspecified atom stereocenters. The second-order valence-electron chi connectivity index (χ2n) is 8.03. The minimum absolute atomic E-state index is 0.0311. The third kappa shape index (κ3) is 5.08. The van der Waals surface area contributed by atoms with Crippen LogP contribution >= 0.6 is 11.8 Å². The molecule has 0 saturated carbocycles. The molecule has 1 aliphatic carbocycles. The number of fused-ring (bicyclic) bond motifs is 2. The Morgan fingerprint density at radius 1 is 1.06 bits per heavy atom. The summed E-state index contributed by atoms with van der Waals surface area (Å²) in [5.74, 6) is 1.70. The fraction of sp³-hybridized carbons (Fsp3) is 0.185. The number of aliphatic hydroxyl groups excluding tert-OH is 1. The lowest BCUT2D eigenvalue weighted by atomic mass is 9.88. The largest absolute Gasteiger partial charge is 0.509 e. The second-order valence-corrected chi connectivity index (χ2v) is 9.12.